The number of allylic oxidation sites excluding steroid dienone is 1. The lowest BCUT2D eigenvalue weighted by Crippen LogP contribution is -2.33. The van der Waals surface area contributed by atoms with Crippen molar-refractivity contribution in [3.8, 4) is 0 Å². The summed E-state index contributed by atoms with van der Waals surface area (Å²) in [5.74, 6) is -2.27. The summed E-state index contributed by atoms with van der Waals surface area (Å²) >= 11 is 4.16. The average molecular weight is 305 g/mol. The van der Waals surface area contributed by atoms with Gasteiger partial charge in [-0.15, -0.1) is 13.2 Å². The molecule has 0 bridgehead atoms. The zero-order chi connectivity index (χ0) is 13.7. The Morgan fingerprint density at radius 1 is 1.53 bits per heavy atom. The van der Waals surface area contributed by atoms with Gasteiger partial charge in [-0.1, -0.05) is 35.8 Å². The molecule has 98 valence electrons. The largest absolute Gasteiger partial charge is 0.471 e. The summed E-state index contributed by atoms with van der Waals surface area (Å²) in [6.45, 7) is 6.87. The van der Waals surface area contributed by atoms with Crippen LogP contribution in [0.3, 0.4) is 0 Å². The van der Waals surface area contributed by atoms with Gasteiger partial charge in [0.15, 0.2) is 0 Å². The highest BCUT2D eigenvalue weighted by Crippen LogP contribution is 2.61. The zero-order valence-electron chi connectivity index (χ0n) is 8.61. The fraction of sp³-hybridized carbons (Fsp3) is 0.375. The molecule has 9 heteroatoms. The van der Waals surface area contributed by atoms with Gasteiger partial charge in [0.05, 0.1) is 0 Å². The SMILES string of the molecule is C=CC[C@@H](C=C)SP(=O)(S)NC(=O)C(F)(F)F. The molecule has 0 rings (SSSR count). The third kappa shape index (κ3) is 6.85. The topological polar surface area (TPSA) is 46.2 Å². The van der Waals surface area contributed by atoms with E-state index >= 15 is 0 Å². The standard InChI is InChI=1S/C8H11F3NO2PS2/c1-3-5-6(4-2)17-15(14,16)12-7(13)8(9,10)11/h3-4,6H,1-2,5H2,(H2,12,13,14,16)/t6-,15?/m1/s1. The van der Waals surface area contributed by atoms with Crippen LogP contribution in [0.25, 0.3) is 0 Å². The first-order valence-corrected chi connectivity index (χ1v) is 8.61. The molecule has 17 heavy (non-hydrogen) atoms. The fourth-order valence-corrected chi connectivity index (χ4v) is 5.25. The molecule has 0 saturated carbocycles. The predicted molar refractivity (Wildman–Crippen MR) is 67.2 cm³/mol. The Bertz CT molecular complexity index is 359. The van der Waals surface area contributed by atoms with Crippen molar-refractivity contribution >= 4 is 35.2 Å². The van der Waals surface area contributed by atoms with E-state index in [-0.39, 0.29) is 0 Å². The molecule has 0 aromatic heterocycles. The third-order valence-corrected chi connectivity index (χ3v) is 5.96. The molecule has 0 aliphatic carbocycles. The number of amides is 1. The van der Waals surface area contributed by atoms with Crippen LogP contribution in [-0.4, -0.2) is 17.3 Å². The van der Waals surface area contributed by atoms with E-state index in [2.05, 4.69) is 25.4 Å². The first kappa shape index (κ1) is 16.7. The molecule has 0 aromatic carbocycles. The number of rotatable bonds is 6. The minimum absolute atomic E-state index is 0.362. The number of carbonyl (C=O) groups excluding carboxylic acids is 1. The predicted octanol–water partition coefficient (Wildman–Crippen LogP) is 3.57. The molecule has 0 aliphatic rings. The summed E-state index contributed by atoms with van der Waals surface area (Å²) in [4.78, 5) is 10.6. The highest BCUT2D eigenvalue weighted by molar-refractivity contribution is 8.85. The van der Waals surface area contributed by atoms with E-state index in [0.717, 1.165) is 0 Å². The molecule has 0 aromatic rings. The van der Waals surface area contributed by atoms with Gasteiger partial charge in [0.2, 0.25) is 0 Å². The van der Waals surface area contributed by atoms with Crippen molar-refractivity contribution < 1.29 is 22.5 Å². The maximum Gasteiger partial charge on any atom is 0.471 e. The Kier molecular flexibility index (Phi) is 6.43. The van der Waals surface area contributed by atoms with E-state index < -0.39 is 23.0 Å². The molecule has 0 spiro atoms. The molecule has 2 atom stereocenters. The van der Waals surface area contributed by atoms with Crippen LogP contribution in [0.1, 0.15) is 6.42 Å². The Hall–Kier alpha value is -0.330. The van der Waals surface area contributed by atoms with Crippen LogP contribution in [0.2, 0.25) is 0 Å². The van der Waals surface area contributed by atoms with Crippen LogP contribution in [0, 0.1) is 0 Å². The van der Waals surface area contributed by atoms with E-state index in [9.17, 15) is 22.5 Å². The number of hydrogen-bond acceptors (Lipinski definition) is 3. The average Bonchev–Trinajstić information content (AvgIpc) is 2.14. The number of hydrogen-bond donors (Lipinski definition) is 2. The van der Waals surface area contributed by atoms with Crippen molar-refractivity contribution in [1.82, 2.24) is 5.09 Å². The van der Waals surface area contributed by atoms with E-state index in [1.807, 2.05) is 0 Å². The van der Waals surface area contributed by atoms with Crippen LogP contribution >= 0.6 is 29.3 Å². The molecule has 0 saturated heterocycles. The Labute approximate surface area is 106 Å². The monoisotopic (exact) mass is 305 g/mol. The second kappa shape index (κ2) is 6.56. The van der Waals surface area contributed by atoms with Crippen molar-refractivity contribution in [2.45, 2.75) is 17.8 Å². The van der Waals surface area contributed by atoms with Gasteiger partial charge < -0.3 is 0 Å². The normalized spacial score (nSPS) is 16.7. The number of thiol groups is 1. The molecular weight excluding hydrogens is 294 g/mol. The van der Waals surface area contributed by atoms with Crippen molar-refractivity contribution in [2.75, 3.05) is 0 Å². The van der Waals surface area contributed by atoms with Crippen molar-refractivity contribution in [2.24, 2.45) is 0 Å². The fourth-order valence-electron chi connectivity index (χ4n) is 0.748. The minimum atomic E-state index is -5.08. The van der Waals surface area contributed by atoms with Gasteiger partial charge >= 0.3 is 12.1 Å². The first-order chi connectivity index (χ1) is 7.62. The first-order valence-electron chi connectivity index (χ1n) is 4.26. The second-order valence-corrected chi connectivity index (χ2v) is 9.62. The summed E-state index contributed by atoms with van der Waals surface area (Å²) in [5.41, 5.74) is -3.77. The van der Waals surface area contributed by atoms with Gasteiger partial charge in [0, 0.05) is 5.25 Å². The van der Waals surface area contributed by atoms with E-state index in [1.54, 1.807) is 0 Å². The number of halogens is 3. The highest BCUT2D eigenvalue weighted by Gasteiger charge is 2.42. The van der Waals surface area contributed by atoms with E-state index in [0.29, 0.717) is 17.8 Å². The molecule has 1 amide bonds. The van der Waals surface area contributed by atoms with Gasteiger partial charge in [0.25, 0.3) is 5.70 Å². The van der Waals surface area contributed by atoms with Crippen LogP contribution in [0.15, 0.2) is 25.3 Å². The molecule has 0 heterocycles. The van der Waals surface area contributed by atoms with Gasteiger partial charge in [-0.3, -0.25) is 14.4 Å². The third-order valence-electron chi connectivity index (χ3n) is 1.44. The van der Waals surface area contributed by atoms with Crippen molar-refractivity contribution in [1.29, 1.82) is 0 Å². The Morgan fingerprint density at radius 2 is 2.06 bits per heavy atom. The van der Waals surface area contributed by atoms with Gasteiger partial charge in [-0.2, -0.15) is 13.2 Å². The number of alkyl halides is 3. The van der Waals surface area contributed by atoms with Crippen molar-refractivity contribution in [3.63, 3.8) is 0 Å². The maximum absolute atomic E-state index is 11.9. The zero-order valence-corrected chi connectivity index (χ0v) is 11.2. The van der Waals surface area contributed by atoms with Gasteiger partial charge in [-0.25, -0.2) is 0 Å². The maximum atomic E-state index is 11.9. The van der Waals surface area contributed by atoms with E-state index in [1.165, 1.54) is 17.2 Å². The molecule has 0 fully saturated rings. The van der Waals surface area contributed by atoms with Crippen molar-refractivity contribution in [3.05, 3.63) is 25.3 Å². The molecular formula is C8H11F3NO2PS2. The summed E-state index contributed by atoms with van der Waals surface area (Å²) in [7, 11) is 0. The lowest BCUT2D eigenvalue weighted by Gasteiger charge is -2.17. The molecule has 0 radical (unpaired) electrons. The Balaban J connectivity index is 4.58. The lowest BCUT2D eigenvalue weighted by atomic mass is 10.3. The van der Waals surface area contributed by atoms with E-state index in [4.69, 9.17) is 0 Å². The molecule has 1 N–H and O–H groups in total. The lowest BCUT2D eigenvalue weighted by molar-refractivity contribution is -0.171. The van der Waals surface area contributed by atoms with Gasteiger partial charge in [0.1, 0.15) is 0 Å². The summed E-state index contributed by atoms with van der Waals surface area (Å²) in [6.07, 6.45) is -1.82. The molecule has 0 aliphatic heterocycles. The summed E-state index contributed by atoms with van der Waals surface area (Å²) in [6, 6.07) is 0. The van der Waals surface area contributed by atoms with Crippen LogP contribution in [0.4, 0.5) is 13.2 Å². The summed E-state index contributed by atoms with van der Waals surface area (Å²) < 4.78 is 47.4. The van der Waals surface area contributed by atoms with Crippen LogP contribution < -0.4 is 5.09 Å². The van der Waals surface area contributed by atoms with Crippen LogP contribution in [0.5, 0.6) is 0 Å². The summed E-state index contributed by atoms with van der Waals surface area (Å²) in [5, 5.41) is 0.930. The smallest absolute Gasteiger partial charge is 0.283 e. The van der Waals surface area contributed by atoms with Crippen LogP contribution in [-0.2, 0) is 9.36 Å². The quantitative estimate of drug-likeness (QED) is 0.448. The molecule has 1 unspecified atom stereocenters. The highest BCUT2D eigenvalue weighted by atomic mass is 33.1. The number of nitrogens with one attached hydrogen (secondary N) is 1. The minimum Gasteiger partial charge on any atom is -0.283 e. The second-order valence-electron chi connectivity index (χ2n) is 2.86. The van der Waals surface area contributed by atoms with Gasteiger partial charge in [-0.05, 0) is 6.42 Å². The number of carbonyl (C=O) groups is 1. The Morgan fingerprint density at radius 3 is 2.41 bits per heavy atom. The molecule has 3 nitrogen and oxygen atoms in total.